The van der Waals surface area contributed by atoms with Gasteiger partial charge in [0.05, 0.1) is 6.10 Å². The molecule has 0 heterocycles. The maximum Gasteiger partial charge on any atom is 0.303 e. The van der Waals surface area contributed by atoms with Gasteiger partial charge in [-0.1, -0.05) is 124 Å². The molecule has 0 amide bonds. The molecule has 45 heavy (non-hydrogen) atoms. The zero-order valence-electron chi connectivity index (χ0n) is 27.8. The second-order valence-corrected chi connectivity index (χ2v) is 14.5. The molecule has 2 aliphatic carbocycles. The summed E-state index contributed by atoms with van der Waals surface area (Å²) in [4.78, 5) is 12.3. The van der Waals surface area contributed by atoms with Gasteiger partial charge in [0.15, 0.2) is 0 Å². The smallest absolute Gasteiger partial charge is 0.303 e. The van der Waals surface area contributed by atoms with E-state index in [4.69, 9.17) is 5.73 Å². The first-order chi connectivity index (χ1) is 22.0. The van der Waals surface area contributed by atoms with E-state index in [0.717, 1.165) is 64.2 Å². The fourth-order valence-corrected chi connectivity index (χ4v) is 8.71. The molecule has 0 aromatic heterocycles. The molecular weight excluding hydrogens is 554 g/mol. The first kappa shape index (κ1) is 35.4. The number of aliphatic carboxylic acids is 1. The molecule has 0 spiro atoms. The minimum Gasteiger partial charge on any atom is -0.481 e. The van der Waals surface area contributed by atoms with E-state index >= 15 is 0 Å². The lowest BCUT2D eigenvalue weighted by molar-refractivity contribution is -0.138. The molecule has 0 bridgehead atoms. The highest BCUT2D eigenvalue weighted by Crippen LogP contribution is 2.47. The highest BCUT2D eigenvalue weighted by Gasteiger charge is 2.38. The third-order valence-electron chi connectivity index (χ3n) is 11.2. The number of nitrogens with two attached hydrogens (primary N) is 1. The first-order valence-corrected chi connectivity index (χ1v) is 18.3. The van der Waals surface area contributed by atoms with E-state index in [9.17, 15) is 15.0 Å². The van der Waals surface area contributed by atoms with Crippen LogP contribution in [0, 0.1) is 23.7 Å². The summed E-state index contributed by atoms with van der Waals surface area (Å²) in [5.41, 5.74) is 9.05. The zero-order valence-corrected chi connectivity index (χ0v) is 27.8. The zero-order chi connectivity index (χ0) is 31.7. The third-order valence-corrected chi connectivity index (χ3v) is 11.2. The van der Waals surface area contributed by atoms with Gasteiger partial charge in [0.25, 0.3) is 0 Å². The van der Waals surface area contributed by atoms with Crippen molar-refractivity contribution < 1.29 is 15.0 Å². The number of rotatable bonds is 19. The van der Waals surface area contributed by atoms with Crippen molar-refractivity contribution in [3.63, 3.8) is 0 Å². The van der Waals surface area contributed by atoms with E-state index in [0.29, 0.717) is 24.3 Å². The largest absolute Gasteiger partial charge is 0.481 e. The van der Waals surface area contributed by atoms with Crippen LogP contribution in [-0.2, 0) is 16.6 Å². The number of carbonyl (C=O) groups is 1. The minimum absolute atomic E-state index is 0.0659. The summed E-state index contributed by atoms with van der Waals surface area (Å²) < 4.78 is 0. The van der Waals surface area contributed by atoms with Crippen molar-refractivity contribution in [2.24, 2.45) is 29.4 Å². The average Bonchev–Trinajstić information content (AvgIpc) is 3.06. The lowest BCUT2D eigenvalue weighted by Crippen LogP contribution is -2.35. The van der Waals surface area contributed by atoms with Crippen LogP contribution in [0.15, 0.2) is 72.8 Å². The summed E-state index contributed by atoms with van der Waals surface area (Å²) in [7, 11) is 0. The van der Waals surface area contributed by atoms with Gasteiger partial charge in [-0.15, -0.1) is 0 Å². The number of benzene rings is 2. The van der Waals surface area contributed by atoms with Crippen LogP contribution < -0.4 is 5.73 Å². The van der Waals surface area contributed by atoms with E-state index in [1.54, 1.807) is 0 Å². The van der Waals surface area contributed by atoms with Crippen LogP contribution in [-0.4, -0.2) is 28.8 Å². The van der Waals surface area contributed by atoms with Gasteiger partial charge in [-0.3, -0.25) is 4.79 Å². The van der Waals surface area contributed by atoms with Crippen molar-refractivity contribution in [3.05, 3.63) is 83.9 Å². The van der Waals surface area contributed by atoms with Gasteiger partial charge >= 0.3 is 5.97 Å². The third kappa shape index (κ3) is 12.0. The van der Waals surface area contributed by atoms with Gasteiger partial charge in [0.2, 0.25) is 0 Å². The maximum absolute atomic E-state index is 12.3. The van der Waals surface area contributed by atoms with Gasteiger partial charge in [0, 0.05) is 6.42 Å². The van der Waals surface area contributed by atoms with Crippen LogP contribution in [0.25, 0.3) is 0 Å². The topological polar surface area (TPSA) is 83.5 Å². The van der Waals surface area contributed by atoms with E-state index in [1.165, 1.54) is 62.5 Å². The Hall–Kier alpha value is -2.43. The van der Waals surface area contributed by atoms with Crippen molar-refractivity contribution in [2.75, 3.05) is 6.54 Å². The summed E-state index contributed by atoms with van der Waals surface area (Å²) in [6.45, 7) is 0.598. The minimum atomic E-state index is -0.684. The predicted molar refractivity (Wildman–Crippen MR) is 187 cm³/mol. The molecule has 4 rings (SSSR count). The Balaban J connectivity index is 1.45. The van der Waals surface area contributed by atoms with Crippen LogP contribution in [0.2, 0.25) is 0 Å². The van der Waals surface area contributed by atoms with Crippen LogP contribution in [0.5, 0.6) is 0 Å². The molecule has 4 heteroatoms. The lowest BCUT2D eigenvalue weighted by atomic mass is 9.62. The Bertz CT molecular complexity index is 1100. The molecule has 4 atom stereocenters. The molecule has 2 aliphatic rings. The highest BCUT2D eigenvalue weighted by atomic mass is 16.4. The van der Waals surface area contributed by atoms with Crippen molar-refractivity contribution in [1.82, 2.24) is 0 Å². The lowest BCUT2D eigenvalue weighted by Gasteiger charge is -2.42. The van der Waals surface area contributed by atoms with E-state index in [1.807, 2.05) is 0 Å². The van der Waals surface area contributed by atoms with Gasteiger partial charge < -0.3 is 15.9 Å². The molecule has 4 unspecified atom stereocenters. The molecule has 0 radical (unpaired) electrons. The van der Waals surface area contributed by atoms with E-state index in [2.05, 4.69) is 72.8 Å². The van der Waals surface area contributed by atoms with Gasteiger partial charge in [-0.25, -0.2) is 0 Å². The average molecular weight is 616 g/mol. The van der Waals surface area contributed by atoms with Gasteiger partial charge in [0.1, 0.15) is 0 Å². The Labute approximate surface area is 273 Å². The number of aryl methyl sites for hydroxylation is 1. The van der Waals surface area contributed by atoms with Crippen molar-refractivity contribution in [1.29, 1.82) is 0 Å². The number of hydrogen-bond acceptors (Lipinski definition) is 3. The Morgan fingerprint density at radius 1 is 0.844 bits per heavy atom. The monoisotopic (exact) mass is 615 g/mol. The molecule has 248 valence electrons. The SMILES string of the molecule is NCCC(CCC(CC=CC(O)CC1CCCCC1)CCc1ccccc1)C(CC(=O)O)CC1(c2ccccc2)CCCCC1. The number of aliphatic hydroxyl groups is 1. The molecule has 4 nitrogen and oxygen atoms in total. The Morgan fingerprint density at radius 3 is 2.18 bits per heavy atom. The number of carboxylic acids is 1. The maximum atomic E-state index is 12.3. The molecule has 0 saturated heterocycles. The fraction of sp³-hybridized carbons (Fsp3) is 0.634. The van der Waals surface area contributed by atoms with Gasteiger partial charge in [-0.05, 0) is 111 Å². The van der Waals surface area contributed by atoms with Crippen LogP contribution >= 0.6 is 0 Å². The summed E-state index contributed by atoms with van der Waals surface area (Å²) in [5, 5.41) is 20.9. The molecular formula is C41H61NO3. The molecule has 2 saturated carbocycles. The number of allylic oxidation sites excluding steroid dienone is 1. The van der Waals surface area contributed by atoms with Crippen molar-refractivity contribution >= 4 is 5.97 Å². The summed E-state index contributed by atoms with van der Waals surface area (Å²) in [6.07, 6.45) is 24.5. The van der Waals surface area contributed by atoms with Crippen molar-refractivity contribution in [3.8, 4) is 0 Å². The predicted octanol–water partition coefficient (Wildman–Crippen LogP) is 9.64. The molecule has 2 aromatic carbocycles. The molecule has 2 aromatic rings. The number of carboxylic acid groups (broad SMARTS) is 1. The van der Waals surface area contributed by atoms with Crippen molar-refractivity contribution in [2.45, 2.75) is 134 Å². The van der Waals surface area contributed by atoms with Gasteiger partial charge in [-0.2, -0.15) is 0 Å². The Morgan fingerprint density at radius 2 is 1.51 bits per heavy atom. The normalized spacial score (nSPS) is 20.0. The molecule has 4 N–H and O–H groups in total. The summed E-state index contributed by atoms with van der Waals surface area (Å²) >= 11 is 0. The van der Waals surface area contributed by atoms with Crippen LogP contribution in [0.4, 0.5) is 0 Å². The first-order valence-electron chi connectivity index (χ1n) is 18.3. The number of hydrogen-bond donors (Lipinski definition) is 3. The fourth-order valence-electron chi connectivity index (χ4n) is 8.71. The van der Waals surface area contributed by atoms with Crippen LogP contribution in [0.1, 0.15) is 127 Å². The standard InChI is InChI=1S/C41H61NO3/c42-29-26-36(37(31-40(44)45)32-41(27-11-4-12-28-41)38-19-9-3-10-20-38)25-24-34(23-22-33-14-5-1-6-15-33)18-13-21-39(43)30-35-16-7-2-8-17-35/h1,3,5-6,9-10,13-15,19-21,34-37,39,43H,2,4,7-8,11-12,16-18,22-32,42H2,(H,44,45). The molecule has 2 fully saturated rings. The highest BCUT2D eigenvalue weighted by molar-refractivity contribution is 5.67. The quantitative estimate of drug-likeness (QED) is 0.137. The second kappa shape index (κ2) is 19.3. The van der Waals surface area contributed by atoms with E-state index in [-0.39, 0.29) is 23.9 Å². The number of aliphatic hydroxyl groups excluding tert-OH is 1. The summed E-state index contributed by atoms with van der Waals surface area (Å²) in [5.74, 6) is 0.892. The molecule has 0 aliphatic heterocycles. The Kier molecular flexibility index (Phi) is 15.2. The second-order valence-electron chi connectivity index (χ2n) is 14.5. The van der Waals surface area contributed by atoms with E-state index < -0.39 is 5.97 Å². The van der Waals surface area contributed by atoms with Crippen LogP contribution in [0.3, 0.4) is 0 Å². The summed E-state index contributed by atoms with van der Waals surface area (Å²) in [6, 6.07) is 21.7.